The van der Waals surface area contributed by atoms with Crippen LogP contribution < -0.4 is 0 Å². The second-order valence-electron chi connectivity index (χ2n) is 5.56. The molecule has 1 aliphatic heterocycles. The maximum absolute atomic E-state index is 12.0. The predicted octanol–water partition coefficient (Wildman–Crippen LogP) is 4.19. The Morgan fingerprint density at radius 3 is 2.55 bits per heavy atom. The molecule has 1 aromatic heterocycles. The van der Waals surface area contributed by atoms with Gasteiger partial charge in [0.15, 0.2) is 0 Å². The summed E-state index contributed by atoms with van der Waals surface area (Å²) in [7, 11) is 0. The fraction of sp³-hybridized carbons (Fsp3) is 0.158. The summed E-state index contributed by atoms with van der Waals surface area (Å²) < 4.78 is 5.37. The van der Waals surface area contributed by atoms with E-state index in [1.807, 2.05) is 24.3 Å². The average Bonchev–Trinajstić information content (AvgIpc) is 2.89. The van der Waals surface area contributed by atoms with E-state index < -0.39 is 0 Å². The first kappa shape index (κ1) is 14.3. The highest BCUT2D eigenvalue weighted by molar-refractivity contribution is 6.05. The predicted molar refractivity (Wildman–Crippen MR) is 86.8 cm³/mol. The third-order valence-electron chi connectivity index (χ3n) is 3.59. The molecule has 1 aliphatic rings. The first-order valence-corrected chi connectivity index (χ1v) is 7.29. The van der Waals surface area contributed by atoms with Crippen molar-refractivity contribution in [3.8, 4) is 0 Å². The monoisotopic (exact) mass is 291 g/mol. The number of nitrogens with zero attached hydrogens (tertiary/aromatic N) is 1. The number of cyclic esters (lactones) is 1. The van der Waals surface area contributed by atoms with Crippen LogP contribution in [-0.4, -0.2) is 11.0 Å². The molecule has 0 amide bonds. The van der Waals surface area contributed by atoms with Gasteiger partial charge < -0.3 is 4.74 Å². The van der Waals surface area contributed by atoms with E-state index in [4.69, 9.17) is 4.74 Å². The third-order valence-corrected chi connectivity index (χ3v) is 3.59. The van der Waals surface area contributed by atoms with Crippen molar-refractivity contribution < 1.29 is 9.53 Å². The number of esters is 1. The van der Waals surface area contributed by atoms with Crippen LogP contribution in [0.3, 0.4) is 0 Å². The van der Waals surface area contributed by atoms with Crippen molar-refractivity contribution in [3.05, 3.63) is 77.1 Å². The van der Waals surface area contributed by atoms with E-state index in [2.05, 4.69) is 31.0 Å². The zero-order chi connectivity index (χ0) is 15.5. The normalized spacial score (nSPS) is 16.0. The minimum absolute atomic E-state index is 0.327. The molecule has 3 nitrogen and oxygen atoms in total. The smallest absolute Gasteiger partial charge is 0.343 e. The van der Waals surface area contributed by atoms with E-state index in [1.165, 1.54) is 5.56 Å². The van der Waals surface area contributed by atoms with Crippen molar-refractivity contribution >= 4 is 17.8 Å². The van der Waals surface area contributed by atoms with Crippen molar-refractivity contribution in [2.45, 2.75) is 19.8 Å². The first-order valence-electron chi connectivity index (χ1n) is 7.29. The molecule has 2 aromatic rings. The summed E-state index contributed by atoms with van der Waals surface area (Å²) in [5.74, 6) is 0.748. The molecule has 0 radical (unpaired) electrons. The van der Waals surface area contributed by atoms with Crippen LogP contribution in [0, 0.1) is 0 Å². The van der Waals surface area contributed by atoms with Gasteiger partial charge in [-0.1, -0.05) is 44.2 Å². The van der Waals surface area contributed by atoms with Crippen LogP contribution in [-0.2, 0) is 9.53 Å². The molecule has 1 aromatic carbocycles. The molecule has 0 saturated carbocycles. The summed E-state index contributed by atoms with van der Waals surface area (Å²) in [6, 6.07) is 11.8. The number of ether oxygens (including phenoxy) is 1. The van der Waals surface area contributed by atoms with Crippen LogP contribution >= 0.6 is 0 Å². The van der Waals surface area contributed by atoms with E-state index in [0.29, 0.717) is 17.3 Å². The molecular formula is C19H17NO2. The lowest BCUT2D eigenvalue weighted by Crippen LogP contribution is -1.97. The lowest BCUT2D eigenvalue weighted by molar-refractivity contribution is -0.130. The Balaban J connectivity index is 1.88. The van der Waals surface area contributed by atoms with Gasteiger partial charge in [-0.25, -0.2) is 4.79 Å². The number of carbonyl (C=O) groups excluding carboxylic acids is 1. The summed E-state index contributed by atoms with van der Waals surface area (Å²) in [6.45, 7) is 4.30. The minimum atomic E-state index is -0.327. The van der Waals surface area contributed by atoms with Gasteiger partial charge in [-0.2, -0.15) is 0 Å². The van der Waals surface area contributed by atoms with Crippen molar-refractivity contribution in [1.82, 2.24) is 4.98 Å². The molecule has 2 heterocycles. The Morgan fingerprint density at radius 1 is 1.14 bits per heavy atom. The van der Waals surface area contributed by atoms with Crippen LogP contribution in [0.25, 0.3) is 11.8 Å². The summed E-state index contributed by atoms with van der Waals surface area (Å²) >= 11 is 0. The topological polar surface area (TPSA) is 39.2 Å². The SMILES string of the molecule is CC(C)c1ccc(C2=C/C(=C/c3cccnc3)C(=O)O2)cc1. The zero-order valence-electron chi connectivity index (χ0n) is 12.6. The van der Waals surface area contributed by atoms with Gasteiger partial charge in [-0.05, 0) is 35.3 Å². The minimum Gasteiger partial charge on any atom is -0.422 e. The fourth-order valence-corrected chi connectivity index (χ4v) is 2.30. The molecular weight excluding hydrogens is 274 g/mol. The van der Waals surface area contributed by atoms with E-state index in [-0.39, 0.29) is 5.97 Å². The van der Waals surface area contributed by atoms with Crippen molar-refractivity contribution in [3.63, 3.8) is 0 Å². The van der Waals surface area contributed by atoms with Gasteiger partial charge in [0.25, 0.3) is 0 Å². The number of benzene rings is 1. The van der Waals surface area contributed by atoms with Gasteiger partial charge in [-0.3, -0.25) is 4.98 Å². The highest BCUT2D eigenvalue weighted by atomic mass is 16.5. The van der Waals surface area contributed by atoms with E-state index in [0.717, 1.165) is 11.1 Å². The van der Waals surface area contributed by atoms with Crippen molar-refractivity contribution in [1.29, 1.82) is 0 Å². The number of rotatable bonds is 3. The van der Waals surface area contributed by atoms with Gasteiger partial charge in [0.2, 0.25) is 0 Å². The molecule has 110 valence electrons. The molecule has 0 fully saturated rings. The zero-order valence-corrected chi connectivity index (χ0v) is 12.6. The van der Waals surface area contributed by atoms with Crippen LogP contribution in [0.4, 0.5) is 0 Å². The van der Waals surface area contributed by atoms with E-state index in [1.54, 1.807) is 24.5 Å². The Kier molecular flexibility index (Phi) is 3.88. The molecule has 0 saturated heterocycles. The highest BCUT2D eigenvalue weighted by Gasteiger charge is 2.21. The second-order valence-corrected chi connectivity index (χ2v) is 5.56. The Labute approximate surface area is 130 Å². The largest absolute Gasteiger partial charge is 0.422 e. The number of hydrogen-bond acceptors (Lipinski definition) is 3. The van der Waals surface area contributed by atoms with Gasteiger partial charge >= 0.3 is 5.97 Å². The first-order chi connectivity index (χ1) is 10.6. The summed E-state index contributed by atoms with van der Waals surface area (Å²) in [6.07, 6.45) is 6.97. The Bertz CT molecular complexity index is 741. The third kappa shape index (κ3) is 2.98. The molecule has 0 N–H and O–H groups in total. The van der Waals surface area contributed by atoms with Crippen molar-refractivity contribution in [2.75, 3.05) is 0 Å². The summed E-state index contributed by atoms with van der Waals surface area (Å²) in [5, 5.41) is 0. The molecule has 0 spiro atoms. The number of aromatic nitrogens is 1. The van der Waals surface area contributed by atoms with Gasteiger partial charge in [0.05, 0.1) is 5.57 Å². The lowest BCUT2D eigenvalue weighted by Gasteiger charge is -2.06. The molecule has 0 atom stereocenters. The van der Waals surface area contributed by atoms with Gasteiger partial charge in [-0.15, -0.1) is 0 Å². The van der Waals surface area contributed by atoms with Gasteiger partial charge in [0, 0.05) is 18.0 Å². The Morgan fingerprint density at radius 2 is 1.91 bits per heavy atom. The number of hydrogen-bond donors (Lipinski definition) is 0. The number of carbonyl (C=O) groups is 1. The molecule has 0 bridgehead atoms. The van der Waals surface area contributed by atoms with Crippen molar-refractivity contribution in [2.24, 2.45) is 0 Å². The molecule has 3 heteroatoms. The molecule has 0 aliphatic carbocycles. The Hall–Kier alpha value is -2.68. The fourth-order valence-electron chi connectivity index (χ4n) is 2.30. The van der Waals surface area contributed by atoms with Crippen LogP contribution in [0.1, 0.15) is 36.5 Å². The molecule has 22 heavy (non-hydrogen) atoms. The summed E-state index contributed by atoms with van der Waals surface area (Å²) in [4.78, 5) is 16.0. The maximum atomic E-state index is 12.0. The average molecular weight is 291 g/mol. The lowest BCUT2D eigenvalue weighted by atomic mass is 10.0. The second kappa shape index (κ2) is 5.98. The summed E-state index contributed by atoms with van der Waals surface area (Å²) in [5.41, 5.74) is 3.59. The van der Waals surface area contributed by atoms with E-state index in [9.17, 15) is 4.79 Å². The van der Waals surface area contributed by atoms with Crippen LogP contribution in [0.2, 0.25) is 0 Å². The highest BCUT2D eigenvalue weighted by Crippen LogP contribution is 2.28. The van der Waals surface area contributed by atoms with E-state index >= 15 is 0 Å². The maximum Gasteiger partial charge on any atom is 0.343 e. The van der Waals surface area contributed by atoms with Crippen LogP contribution in [0.5, 0.6) is 0 Å². The molecule has 3 rings (SSSR count). The number of pyridine rings is 1. The quantitative estimate of drug-likeness (QED) is 0.629. The standard InChI is InChI=1S/C19H17NO2/c1-13(2)15-5-7-16(8-6-15)18-11-17(19(21)22-18)10-14-4-3-9-20-12-14/h3-13H,1-2H3/b17-10-. The molecule has 0 unspecified atom stereocenters. The van der Waals surface area contributed by atoms with Gasteiger partial charge in [0.1, 0.15) is 5.76 Å². The van der Waals surface area contributed by atoms with Crippen LogP contribution in [0.15, 0.2) is 60.4 Å².